The van der Waals surface area contributed by atoms with Gasteiger partial charge in [-0.25, -0.2) is 0 Å². The van der Waals surface area contributed by atoms with Crippen LogP contribution < -0.4 is 5.32 Å². The zero-order chi connectivity index (χ0) is 13.0. The van der Waals surface area contributed by atoms with E-state index < -0.39 is 0 Å². The fourth-order valence-corrected chi connectivity index (χ4v) is 2.80. The number of piperidine rings is 1. The van der Waals surface area contributed by atoms with Gasteiger partial charge in [0.1, 0.15) is 0 Å². The summed E-state index contributed by atoms with van der Waals surface area (Å²) in [6, 6.07) is 8.85. The number of aliphatic hydroxyl groups is 1. The van der Waals surface area contributed by atoms with Crippen LogP contribution >= 0.6 is 0 Å². The van der Waals surface area contributed by atoms with Crippen molar-refractivity contribution in [1.29, 1.82) is 0 Å². The molecule has 0 saturated carbocycles. The van der Waals surface area contributed by atoms with Crippen molar-refractivity contribution in [2.75, 3.05) is 6.54 Å². The quantitative estimate of drug-likeness (QED) is 0.857. The van der Waals surface area contributed by atoms with Gasteiger partial charge in [0, 0.05) is 12.0 Å². The van der Waals surface area contributed by atoms with Crippen LogP contribution in [0.2, 0.25) is 0 Å². The molecule has 1 aliphatic rings. The minimum absolute atomic E-state index is 0.276. The molecule has 0 spiro atoms. The highest BCUT2D eigenvalue weighted by Crippen LogP contribution is 2.28. The summed E-state index contributed by atoms with van der Waals surface area (Å²) in [5.41, 5.74) is 2.38. The Hall–Kier alpha value is -0.860. The lowest BCUT2D eigenvalue weighted by atomic mass is 9.86. The normalized spacial score (nSPS) is 23.6. The average molecular weight is 247 g/mol. The van der Waals surface area contributed by atoms with Gasteiger partial charge in [-0.05, 0) is 36.9 Å². The minimum Gasteiger partial charge on any atom is -0.388 e. The van der Waals surface area contributed by atoms with Crippen LogP contribution in [0.15, 0.2) is 24.3 Å². The van der Waals surface area contributed by atoms with Crippen molar-refractivity contribution in [3.63, 3.8) is 0 Å². The lowest BCUT2D eigenvalue weighted by Gasteiger charge is -2.32. The topological polar surface area (TPSA) is 32.3 Å². The van der Waals surface area contributed by atoms with E-state index in [9.17, 15) is 5.11 Å². The third kappa shape index (κ3) is 3.12. The fraction of sp³-hybridized carbons (Fsp3) is 0.625. The van der Waals surface area contributed by atoms with E-state index in [4.69, 9.17) is 0 Å². The molecule has 3 atom stereocenters. The highest BCUT2D eigenvalue weighted by Gasteiger charge is 2.26. The summed E-state index contributed by atoms with van der Waals surface area (Å²) in [6.07, 6.45) is 4.43. The van der Waals surface area contributed by atoms with Gasteiger partial charge in [-0.15, -0.1) is 0 Å². The second-order valence-corrected chi connectivity index (χ2v) is 5.46. The Morgan fingerprint density at radius 2 is 2.00 bits per heavy atom. The van der Waals surface area contributed by atoms with E-state index in [-0.39, 0.29) is 12.0 Å². The Morgan fingerprint density at radius 1 is 1.28 bits per heavy atom. The molecule has 2 heteroatoms. The molecule has 1 aliphatic heterocycles. The summed E-state index contributed by atoms with van der Waals surface area (Å²) in [7, 11) is 0. The molecule has 1 fully saturated rings. The van der Waals surface area contributed by atoms with Crippen molar-refractivity contribution >= 4 is 0 Å². The second-order valence-electron chi connectivity index (χ2n) is 5.46. The molecule has 0 bridgehead atoms. The van der Waals surface area contributed by atoms with Gasteiger partial charge in [0.15, 0.2) is 0 Å². The van der Waals surface area contributed by atoms with Gasteiger partial charge >= 0.3 is 0 Å². The Balaban J connectivity index is 2.01. The molecule has 2 N–H and O–H groups in total. The van der Waals surface area contributed by atoms with E-state index in [0.717, 1.165) is 18.5 Å². The summed E-state index contributed by atoms with van der Waals surface area (Å²) in [5, 5.41) is 14.0. The first-order valence-electron chi connectivity index (χ1n) is 7.22. The molecular formula is C16H25NO. The highest BCUT2D eigenvalue weighted by molar-refractivity contribution is 5.24. The standard InChI is InChI=1S/C16H25NO/c1-3-13-7-9-14(10-8-13)16(18)12(2)15-6-4-5-11-17-15/h7-10,12,15-18H,3-6,11H2,1-2H3. The number of rotatable bonds is 4. The third-order valence-electron chi connectivity index (χ3n) is 4.21. The maximum absolute atomic E-state index is 10.5. The summed E-state index contributed by atoms with van der Waals surface area (Å²) >= 11 is 0. The fourth-order valence-electron chi connectivity index (χ4n) is 2.80. The van der Waals surface area contributed by atoms with Gasteiger partial charge in [-0.3, -0.25) is 0 Å². The van der Waals surface area contributed by atoms with Crippen molar-refractivity contribution < 1.29 is 5.11 Å². The average Bonchev–Trinajstić information content (AvgIpc) is 2.47. The van der Waals surface area contributed by atoms with Crippen molar-refractivity contribution in [3.05, 3.63) is 35.4 Å². The lowest BCUT2D eigenvalue weighted by Crippen LogP contribution is -2.41. The summed E-state index contributed by atoms with van der Waals surface area (Å²) in [6.45, 7) is 5.40. The van der Waals surface area contributed by atoms with Gasteiger partial charge in [-0.2, -0.15) is 0 Å². The monoisotopic (exact) mass is 247 g/mol. The predicted octanol–water partition coefficient (Wildman–Crippen LogP) is 3.06. The minimum atomic E-state index is -0.355. The number of hydrogen-bond donors (Lipinski definition) is 2. The first-order chi connectivity index (χ1) is 8.72. The molecular weight excluding hydrogens is 222 g/mol. The lowest BCUT2D eigenvalue weighted by molar-refractivity contribution is 0.0864. The smallest absolute Gasteiger partial charge is 0.0830 e. The van der Waals surface area contributed by atoms with Crippen LogP contribution in [-0.2, 0) is 6.42 Å². The number of nitrogens with one attached hydrogen (secondary N) is 1. The van der Waals surface area contributed by atoms with Crippen LogP contribution in [0.4, 0.5) is 0 Å². The first kappa shape index (κ1) is 13.6. The van der Waals surface area contributed by atoms with Crippen LogP contribution in [0.1, 0.15) is 50.3 Å². The number of aliphatic hydroxyl groups excluding tert-OH is 1. The molecule has 18 heavy (non-hydrogen) atoms. The SMILES string of the molecule is CCc1ccc(C(O)C(C)C2CCCCN2)cc1. The van der Waals surface area contributed by atoms with Gasteiger partial charge in [0.2, 0.25) is 0 Å². The van der Waals surface area contributed by atoms with Crippen molar-refractivity contribution in [2.45, 2.75) is 51.7 Å². The van der Waals surface area contributed by atoms with Crippen LogP contribution in [0, 0.1) is 5.92 Å². The zero-order valence-corrected chi connectivity index (χ0v) is 11.5. The molecule has 3 unspecified atom stereocenters. The van der Waals surface area contributed by atoms with Gasteiger partial charge < -0.3 is 10.4 Å². The molecule has 0 amide bonds. The van der Waals surface area contributed by atoms with Crippen LogP contribution in [-0.4, -0.2) is 17.7 Å². The maximum atomic E-state index is 10.5. The van der Waals surface area contributed by atoms with E-state index in [1.165, 1.54) is 24.8 Å². The van der Waals surface area contributed by atoms with Crippen LogP contribution in [0.5, 0.6) is 0 Å². The predicted molar refractivity (Wildman–Crippen MR) is 75.6 cm³/mol. The summed E-state index contributed by atoms with van der Waals surface area (Å²) in [5.74, 6) is 0.276. The molecule has 1 heterocycles. The molecule has 1 aromatic carbocycles. The van der Waals surface area contributed by atoms with Crippen LogP contribution in [0.25, 0.3) is 0 Å². The maximum Gasteiger partial charge on any atom is 0.0830 e. The van der Waals surface area contributed by atoms with E-state index in [2.05, 4.69) is 43.4 Å². The van der Waals surface area contributed by atoms with E-state index in [1.807, 2.05) is 0 Å². The van der Waals surface area contributed by atoms with Gasteiger partial charge in [-0.1, -0.05) is 44.5 Å². The Kier molecular flexibility index (Phi) is 4.79. The number of aryl methyl sites for hydroxylation is 1. The summed E-state index contributed by atoms with van der Waals surface area (Å²) in [4.78, 5) is 0. The summed E-state index contributed by atoms with van der Waals surface area (Å²) < 4.78 is 0. The molecule has 2 rings (SSSR count). The molecule has 0 aromatic heterocycles. The zero-order valence-electron chi connectivity index (χ0n) is 11.5. The highest BCUT2D eigenvalue weighted by atomic mass is 16.3. The van der Waals surface area contributed by atoms with E-state index in [0.29, 0.717) is 6.04 Å². The molecule has 100 valence electrons. The molecule has 0 radical (unpaired) electrons. The second kappa shape index (κ2) is 6.35. The van der Waals surface area contributed by atoms with E-state index >= 15 is 0 Å². The van der Waals surface area contributed by atoms with Crippen molar-refractivity contribution in [3.8, 4) is 0 Å². The Morgan fingerprint density at radius 3 is 2.56 bits per heavy atom. The van der Waals surface area contributed by atoms with Crippen LogP contribution in [0.3, 0.4) is 0 Å². The number of benzene rings is 1. The first-order valence-corrected chi connectivity index (χ1v) is 7.22. The molecule has 0 aliphatic carbocycles. The largest absolute Gasteiger partial charge is 0.388 e. The van der Waals surface area contributed by atoms with E-state index in [1.54, 1.807) is 0 Å². The third-order valence-corrected chi connectivity index (χ3v) is 4.21. The Labute approximate surface area is 110 Å². The Bertz CT molecular complexity index is 354. The van der Waals surface area contributed by atoms with Crippen molar-refractivity contribution in [1.82, 2.24) is 5.32 Å². The number of hydrogen-bond acceptors (Lipinski definition) is 2. The molecule has 2 nitrogen and oxygen atoms in total. The molecule has 1 saturated heterocycles. The molecule has 1 aromatic rings. The van der Waals surface area contributed by atoms with Gasteiger partial charge in [0.05, 0.1) is 6.10 Å². The van der Waals surface area contributed by atoms with Crippen molar-refractivity contribution in [2.24, 2.45) is 5.92 Å². The van der Waals surface area contributed by atoms with Gasteiger partial charge in [0.25, 0.3) is 0 Å².